The Hall–Kier alpha value is -1.42. The van der Waals surface area contributed by atoms with E-state index in [1.807, 2.05) is 18.2 Å². The molecule has 1 saturated carbocycles. The first-order chi connectivity index (χ1) is 9.25. The van der Waals surface area contributed by atoms with Gasteiger partial charge in [0.05, 0.1) is 5.69 Å². The van der Waals surface area contributed by atoms with Gasteiger partial charge in [-0.05, 0) is 37.3 Å². The number of carboxylic acid groups (broad SMARTS) is 1. The monoisotopic (exact) mass is 260 g/mol. The van der Waals surface area contributed by atoms with Gasteiger partial charge in [0.15, 0.2) is 0 Å². The van der Waals surface area contributed by atoms with Gasteiger partial charge >= 0.3 is 5.97 Å². The van der Waals surface area contributed by atoms with Crippen LogP contribution in [0.5, 0.6) is 0 Å². The number of nitrogens with zero attached hydrogens (tertiary/aromatic N) is 2. The summed E-state index contributed by atoms with van der Waals surface area (Å²) in [6.45, 7) is 0.666. The van der Waals surface area contributed by atoms with Crippen molar-refractivity contribution >= 4 is 5.97 Å². The van der Waals surface area contributed by atoms with Gasteiger partial charge in [-0.2, -0.15) is 0 Å². The van der Waals surface area contributed by atoms with Crippen LogP contribution in [0.2, 0.25) is 0 Å². The lowest BCUT2D eigenvalue weighted by Gasteiger charge is -2.32. The molecule has 19 heavy (non-hydrogen) atoms. The second-order valence-corrected chi connectivity index (χ2v) is 5.70. The molecular formula is C15H20N2O2. The van der Waals surface area contributed by atoms with E-state index in [0.717, 1.165) is 18.5 Å². The van der Waals surface area contributed by atoms with Gasteiger partial charge in [0.1, 0.15) is 6.04 Å². The summed E-state index contributed by atoms with van der Waals surface area (Å²) in [5.41, 5.74) is 0.972. The van der Waals surface area contributed by atoms with Gasteiger partial charge in [-0.15, -0.1) is 0 Å². The molecule has 2 heterocycles. The van der Waals surface area contributed by atoms with Gasteiger partial charge in [0, 0.05) is 18.8 Å². The Labute approximate surface area is 113 Å². The highest BCUT2D eigenvalue weighted by atomic mass is 16.4. The van der Waals surface area contributed by atoms with Crippen LogP contribution in [0, 0.1) is 5.92 Å². The Morgan fingerprint density at radius 2 is 2.21 bits per heavy atom. The normalized spacial score (nSPS) is 31.1. The van der Waals surface area contributed by atoms with Crippen LogP contribution in [-0.2, 0) is 11.3 Å². The fourth-order valence-electron chi connectivity index (χ4n) is 3.70. The minimum Gasteiger partial charge on any atom is -0.480 e. The van der Waals surface area contributed by atoms with Crippen LogP contribution in [-0.4, -0.2) is 33.0 Å². The topological polar surface area (TPSA) is 53.4 Å². The number of carboxylic acids is 1. The lowest BCUT2D eigenvalue weighted by atomic mass is 9.85. The van der Waals surface area contributed by atoms with Crippen LogP contribution in [0.25, 0.3) is 0 Å². The third-order valence-electron chi connectivity index (χ3n) is 4.58. The van der Waals surface area contributed by atoms with E-state index in [-0.39, 0.29) is 6.04 Å². The average molecular weight is 260 g/mol. The van der Waals surface area contributed by atoms with Crippen LogP contribution < -0.4 is 0 Å². The van der Waals surface area contributed by atoms with Crippen LogP contribution in [0.1, 0.15) is 37.8 Å². The summed E-state index contributed by atoms with van der Waals surface area (Å²) in [7, 11) is 0. The van der Waals surface area contributed by atoms with E-state index < -0.39 is 5.97 Å². The van der Waals surface area contributed by atoms with Gasteiger partial charge in [-0.1, -0.05) is 18.9 Å². The molecule has 0 spiro atoms. The number of likely N-dealkylation sites (tertiary alicyclic amines) is 1. The number of hydrogen-bond donors (Lipinski definition) is 1. The van der Waals surface area contributed by atoms with Gasteiger partial charge in [-0.3, -0.25) is 14.7 Å². The predicted octanol–water partition coefficient (Wildman–Crippen LogP) is 2.30. The summed E-state index contributed by atoms with van der Waals surface area (Å²) in [6, 6.07) is 5.96. The van der Waals surface area contributed by atoms with Crippen molar-refractivity contribution in [3.05, 3.63) is 30.1 Å². The van der Waals surface area contributed by atoms with Crippen molar-refractivity contribution in [2.45, 2.75) is 50.7 Å². The summed E-state index contributed by atoms with van der Waals surface area (Å²) in [5, 5.41) is 9.45. The van der Waals surface area contributed by atoms with Crippen LogP contribution in [0.4, 0.5) is 0 Å². The molecule has 2 fully saturated rings. The maximum Gasteiger partial charge on any atom is 0.320 e. The molecule has 3 rings (SSSR count). The first-order valence-electron chi connectivity index (χ1n) is 7.14. The minimum atomic E-state index is -0.676. The van der Waals surface area contributed by atoms with Crippen molar-refractivity contribution < 1.29 is 9.90 Å². The highest BCUT2D eigenvalue weighted by Crippen LogP contribution is 2.40. The molecule has 3 atom stereocenters. The molecule has 1 aromatic rings. The number of hydrogen-bond acceptors (Lipinski definition) is 3. The standard InChI is InChI=1S/C15H20N2O2/c18-15(19)14-9-11-5-1-2-7-13(11)17(14)10-12-6-3-4-8-16-12/h3-4,6,8,11,13-14H,1-2,5,7,9-10H2,(H,18,19)/t11-,13+,14-/m0/s1. The van der Waals surface area contributed by atoms with Crippen molar-refractivity contribution in [1.82, 2.24) is 9.88 Å². The highest BCUT2D eigenvalue weighted by Gasteiger charge is 2.45. The Morgan fingerprint density at radius 1 is 1.37 bits per heavy atom. The fraction of sp³-hybridized carbons (Fsp3) is 0.600. The zero-order valence-corrected chi connectivity index (χ0v) is 11.0. The first kappa shape index (κ1) is 12.6. The number of fused-ring (bicyclic) bond motifs is 1. The molecule has 1 aromatic heterocycles. The van der Waals surface area contributed by atoms with Crippen LogP contribution >= 0.6 is 0 Å². The molecule has 1 saturated heterocycles. The summed E-state index contributed by atoms with van der Waals surface area (Å²) in [4.78, 5) is 18.0. The molecule has 102 valence electrons. The molecule has 0 aromatic carbocycles. The van der Waals surface area contributed by atoms with Crippen molar-refractivity contribution in [1.29, 1.82) is 0 Å². The third-order valence-corrected chi connectivity index (χ3v) is 4.58. The van der Waals surface area contributed by atoms with Crippen LogP contribution in [0.15, 0.2) is 24.4 Å². The third kappa shape index (κ3) is 2.50. The number of rotatable bonds is 3. The van der Waals surface area contributed by atoms with Gasteiger partial charge in [-0.25, -0.2) is 0 Å². The number of aromatic nitrogens is 1. The second kappa shape index (κ2) is 5.29. The second-order valence-electron chi connectivity index (χ2n) is 5.70. The number of carbonyl (C=O) groups is 1. The molecule has 0 unspecified atom stereocenters. The van der Waals surface area contributed by atoms with Gasteiger partial charge < -0.3 is 5.11 Å². The molecule has 0 amide bonds. The average Bonchev–Trinajstić information content (AvgIpc) is 2.79. The molecule has 4 nitrogen and oxygen atoms in total. The summed E-state index contributed by atoms with van der Waals surface area (Å²) in [6.07, 6.45) is 7.40. The molecule has 1 N–H and O–H groups in total. The Balaban J connectivity index is 1.80. The van der Waals surface area contributed by atoms with Crippen molar-refractivity contribution in [2.24, 2.45) is 5.92 Å². The quantitative estimate of drug-likeness (QED) is 0.906. The zero-order valence-electron chi connectivity index (χ0n) is 11.0. The van der Waals surface area contributed by atoms with Crippen molar-refractivity contribution in [3.63, 3.8) is 0 Å². The molecule has 2 aliphatic rings. The maximum absolute atomic E-state index is 11.5. The van der Waals surface area contributed by atoms with Gasteiger partial charge in [0.25, 0.3) is 0 Å². The molecule has 0 bridgehead atoms. The van der Waals surface area contributed by atoms with Gasteiger partial charge in [0.2, 0.25) is 0 Å². The molecule has 4 heteroatoms. The fourth-order valence-corrected chi connectivity index (χ4v) is 3.70. The first-order valence-corrected chi connectivity index (χ1v) is 7.14. The lowest BCUT2D eigenvalue weighted by molar-refractivity contribution is -0.142. The summed E-state index contributed by atoms with van der Waals surface area (Å²) in [5.74, 6) is -0.108. The maximum atomic E-state index is 11.5. The Morgan fingerprint density at radius 3 is 2.95 bits per heavy atom. The smallest absolute Gasteiger partial charge is 0.320 e. The van der Waals surface area contributed by atoms with E-state index in [1.54, 1.807) is 6.20 Å². The van der Waals surface area contributed by atoms with Crippen molar-refractivity contribution in [3.8, 4) is 0 Å². The van der Waals surface area contributed by atoms with E-state index in [9.17, 15) is 9.90 Å². The molecule has 0 radical (unpaired) electrons. The predicted molar refractivity (Wildman–Crippen MR) is 71.6 cm³/mol. The van der Waals surface area contributed by atoms with E-state index in [4.69, 9.17) is 0 Å². The Bertz CT molecular complexity index is 449. The minimum absolute atomic E-state index is 0.324. The van der Waals surface area contributed by atoms with E-state index in [2.05, 4.69) is 9.88 Å². The zero-order chi connectivity index (χ0) is 13.2. The summed E-state index contributed by atoms with van der Waals surface area (Å²) < 4.78 is 0. The summed E-state index contributed by atoms with van der Waals surface area (Å²) >= 11 is 0. The van der Waals surface area contributed by atoms with Crippen molar-refractivity contribution in [2.75, 3.05) is 0 Å². The molecule has 1 aliphatic carbocycles. The lowest BCUT2D eigenvalue weighted by Crippen LogP contribution is -2.41. The van der Waals surface area contributed by atoms with E-state index >= 15 is 0 Å². The largest absolute Gasteiger partial charge is 0.480 e. The molecular weight excluding hydrogens is 240 g/mol. The van der Waals surface area contributed by atoms with Crippen LogP contribution in [0.3, 0.4) is 0 Å². The molecule has 1 aliphatic heterocycles. The Kier molecular flexibility index (Phi) is 3.51. The van der Waals surface area contributed by atoms with E-state index in [0.29, 0.717) is 18.5 Å². The van der Waals surface area contributed by atoms with E-state index in [1.165, 1.54) is 19.3 Å². The number of pyridine rings is 1. The highest BCUT2D eigenvalue weighted by molar-refractivity contribution is 5.74. The number of aliphatic carboxylic acids is 1. The SMILES string of the molecule is O=C(O)[C@@H]1C[C@@H]2CCCC[C@H]2N1Cc1ccccn1.